The van der Waals surface area contributed by atoms with E-state index in [1.165, 1.54) is 18.3 Å². The van der Waals surface area contributed by atoms with Gasteiger partial charge in [0.2, 0.25) is 0 Å². The molecule has 0 unspecified atom stereocenters. The Balaban J connectivity index is 1.52. The van der Waals surface area contributed by atoms with Gasteiger partial charge in [0.1, 0.15) is 12.0 Å². The molecule has 0 spiro atoms. The Kier molecular flexibility index (Phi) is 8.83. The van der Waals surface area contributed by atoms with Crippen molar-refractivity contribution >= 4 is 23.5 Å². The van der Waals surface area contributed by atoms with Crippen molar-refractivity contribution in [3.8, 4) is 11.1 Å². The quantitative estimate of drug-likeness (QED) is 0.365. The Morgan fingerprint density at radius 1 is 1.24 bits per heavy atom. The molecule has 1 aromatic heterocycles. The summed E-state index contributed by atoms with van der Waals surface area (Å²) in [6.45, 7) is 2.83. The summed E-state index contributed by atoms with van der Waals surface area (Å²) in [5, 5.41) is 13.3. The molecule has 0 bridgehead atoms. The van der Waals surface area contributed by atoms with E-state index in [0.717, 1.165) is 5.56 Å². The second-order valence-electron chi connectivity index (χ2n) is 9.05. The van der Waals surface area contributed by atoms with Crippen molar-refractivity contribution in [1.29, 1.82) is 0 Å². The highest BCUT2D eigenvalue weighted by Crippen LogP contribution is 2.27. The number of H-pyrrole nitrogens is 1. The molecule has 37 heavy (non-hydrogen) atoms. The zero-order chi connectivity index (χ0) is 26.4. The number of aromatic amines is 1. The number of ether oxygens (including phenoxy) is 1. The molecule has 1 fully saturated rings. The maximum absolute atomic E-state index is 14.3. The lowest BCUT2D eigenvalue weighted by Gasteiger charge is -2.37. The van der Waals surface area contributed by atoms with Gasteiger partial charge >= 0.3 is 5.97 Å². The highest BCUT2D eigenvalue weighted by atomic mass is 35.5. The largest absolute Gasteiger partial charge is 0.466 e. The summed E-state index contributed by atoms with van der Waals surface area (Å²) >= 11 is 6.03. The average Bonchev–Trinajstić information content (AvgIpc) is 3.40. The minimum absolute atomic E-state index is 0.118. The van der Waals surface area contributed by atoms with Crippen molar-refractivity contribution in [2.75, 3.05) is 26.2 Å². The summed E-state index contributed by atoms with van der Waals surface area (Å²) < 4.78 is 33.0. The summed E-state index contributed by atoms with van der Waals surface area (Å²) in [4.78, 5) is 27.4. The Labute approximate surface area is 218 Å². The van der Waals surface area contributed by atoms with Gasteiger partial charge in [0, 0.05) is 36.3 Å². The van der Waals surface area contributed by atoms with Crippen molar-refractivity contribution in [3.05, 3.63) is 70.8 Å². The topological polar surface area (TPSA) is 100 Å². The van der Waals surface area contributed by atoms with Crippen molar-refractivity contribution < 1.29 is 23.1 Å². The fourth-order valence-corrected chi connectivity index (χ4v) is 4.58. The number of alkyl halides is 1. The minimum atomic E-state index is -0.895. The van der Waals surface area contributed by atoms with Crippen LogP contribution >= 0.6 is 11.6 Å². The molecule has 0 saturated carbocycles. The molecule has 3 aromatic rings. The number of aromatic nitrogens is 3. The average molecular weight is 532 g/mol. The van der Waals surface area contributed by atoms with Crippen molar-refractivity contribution in [3.63, 3.8) is 0 Å². The molecule has 11 heteroatoms. The Bertz CT molecular complexity index is 1200. The highest BCUT2D eigenvalue weighted by molar-refractivity contribution is 6.30. The molecule has 0 radical (unpaired) electrons. The minimum Gasteiger partial charge on any atom is -0.466 e. The van der Waals surface area contributed by atoms with Crippen LogP contribution in [0.15, 0.2) is 48.7 Å². The number of halogens is 3. The number of amides is 1. The number of hydrogen-bond acceptors (Lipinski definition) is 6. The first-order valence-electron chi connectivity index (χ1n) is 12.1. The van der Waals surface area contributed by atoms with E-state index in [2.05, 4.69) is 20.7 Å². The summed E-state index contributed by atoms with van der Waals surface area (Å²) in [7, 11) is 0. The number of rotatable bonds is 11. The van der Waals surface area contributed by atoms with Crippen LogP contribution in [0.25, 0.3) is 11.1 Å². The Morgan fingerprint density at radius 2 is 2.00 bits per heavy atom. The van der Waals surface area contributed by atoms with E-state index in [-0.39, 0.29) is 37.6 Å². The molecule has 2 aromatic carbocycles. The Hall–Kier alpha value is -3.37. The van der Waals surface area contributed by atoms with Gasteiger partial charge in [-0.05, 0) is 49.1 Å². The van der Waals surface area contributed by atoms with Crippen LogP contribution in [0.2, 0.25) is 5.02 Å². The van der Waals surface area contributed by atoms with E-state index in [9.17, 15) is 18.4 Å². The summed E-state index contributed by atoms with van der Waals surface area (Å²) in [5.74, 6) is -1.77. The molecule has 2 atom stereocenters. The van der Waals surface area contributed by atoms with Gasteiger partial charge < -0.3 is 10.1 Å². The zero-order valence-electron chi connectivity index (χ0n) is 20.3. The molecule has 2 N–H and O–H groups in total. The number of nitrogens with zero attached hydrogens (tertiary/aromatic N) is 3. The molecule has 196 valence electrons. The highest BCUT2D eigenvalue weighted by Gasteiger charge is 2.33. The summed E-state index contributed by atoms with van der Waals surface area (Å²) in [6.07, 6.45) is 1.09. The summed E-state index contributed by atoms with van der Waals surface area (Å²) in [5.41, 5.74) is 2.03. The molecule has 0 aliphatic carbocycles. The molecular weight excluding hydrogens is 504 g/mol. The van der Waals surface area contributed by atoms with Crippen LogP contribution in [-0.2, 0) is 16.0 Å². The van der Waals surface area contributed by atoms with Gasteiger partial charge in [0.25, 0.3) is 5.91 Å². The first-order valence-corrected chi connectivity index (χ1v) is 12.4. The van der Waals surface area contributed by atoms with Gasteiger partial charge in [-0.1, -0.05) is 35.9 Å². The maximum Gasteiger partial charge on any atom is 0.310 e. The number of carbonyl (C=O) groups is 2. The zero-order valence-corrected chi connectivity index (χ0v) is 21.0. The second-order valence-corrected chi connectivity index (χ2v) is 9.49. The lowest BCUT2D eigenvalue weighted by molar-refractivity contribution is -0.150. The van der Waals surface area contributed by atoms with E-state index in [1.54, 1.807) is 25.1 Å². The molecular formula is C26H28ClF2N5O3. The molecule has 1 aliphatic heterocycles. The Morgan fingerprint density at radius 3 is 2.65 bits per heavy atom. The molecule has 8 nitrogen and oxygen atoms in total. The first kappa shape index (κ1) is 26.7. The lowest BCUT2D eigenvalue weighted by Crippen LogP contribution is -2.52. The van der Waals surface area contributed by atoms with Gasteiger partial charge in [-0.2, -0.15) is 15.4 Å². The van der Waals surface area contributed by atoms with E-state index in [4.69, 9.17) is 16.3 Å². The third-order valence-electron chi connectivity index (χ3n) is 6.24. The second kappa shape index (κ2) is 12.2. The van der Waals surface area contributed by atoms with E-state index in [1.807, 2.05) is 17.0 Å². The van der Waals surface area contributed by atoms with Gasteiger partial charge in [0.05, 0.1) is 18.7 Å². The predicted octanol–water partition coefficient (Wildman–Crippen LogP) is 3.83. The van der Waals surface area contributed by atoms with Crippen LogP contribution < -0.4 is 5.32 Å². The summed E-state index contributed by atoms with van der Waals surface area (Å²) in [6, 6.07) is 11.2. The molecule has 2 heterocycles. The number of esters is 1. The van der Waals surface area contributed by atoms with Gasteiger partial charge in [-0.3, -0.25) is 14.5 Å². The molecule has 1 amide bonds. The van der Waals surface area contributed by atoms with Crippen LogP contribution in [0.5, 0.6) is 0 Å². The van der Waals surface area contributed by atoms with Crippen LogP contribution in [0.4, 0.5) is 8.78 Å². The SMILES string of the molecule is CCOC(=O)[C@@H](C[C@@H](Cc1ccc(-c2cc(Cl)ccc2F)cc1)NC(=O)c1cn[nH]n1)CN1CC(F)C1. The van der Waals surface area contributed by atoms with E-state index >= 15 is 0 Å². The van der Waals surface area contributed by atoms with Crippen LogP contribution in [0.1, 0.15) is 29.4 Å². The normalized spacial score (nSPS) is 15.6. The van der Waals surface area contributed by atoms with Crippen molar-refractivity contribution in [1.82, 2.24) is 25.6 Å². The van der Waals surface area contributed by atoms with Crippen LogP contribution in [0.3, 0.4) is 0 Å². The molecule has 1 aliphatic rings. The monoisotopic (exact) mass is 531 g/mol. The third kappa shape index (κ3) is 7.11. The number of nitrogens with one attached hydrogen (secondary N) is 2. The fourth-order valence-electron chi connectivity index (χ4n) is 4.40. The van der Waals surface area contributed by atoms with Crippen LogP contribution in [0, 0.1) is 11.7 Å². The third-order valence-corrected chi connectivity index (χ3v) is 6.47. The van der Waals surface area contributed by atoms with Crippen molar-refractivity contribution in [2.45, 2.75) is 32.0 Å². The number of likely N-dealkylation sites (tertiary alicyclic amines) is 1. The number of hydrogen-bond donors (Lipinski definition) is 2. The van der Waals surface area contributed by atoms with Gasteiger partial charge in [-0.25, -0.2) is 8.78 Å². The van der Waals surface area contributed by atoms with E-state index in [0.29, 0.717) is 29.1 Å². The molecule has 1 saturated heterocycles. The van der Waals surface area contributed by atoms with Gasteiger partial charge in [0.15, 0.2) is 5.69 Å². The lowest BCUT2D eigenvalue weighted by atomic mass is 9.92. The first-order chi connectivity index (χ1) is 17.8. The predicted molar refractivity (Wildman–Crippen MR) is 134 cm³/mol. The van der Waals surface area contributed by atoms with Crippen LogP contribution in [-0.4, -0.2) is 70.6 Å². The molecule has 4 rings (SSSR count). The number of carbonyl (C=O) groups excluding carboxylic acids is 2. The maximum atomic E-state index is 14.3. The van der Waals surface area contributed by atoms with Gasteiger partial charge in [-0.15, -0.1) is 0 Å². The smallest absolute Gasteiger partial charge is 0.310 e. The van der Waals surface area contributed by atoms with Crippen molar-refractivity contribution in [2.24, 2.45) is 5.92 Å². The standard InChI is InChI=1S/C26H28ClF2N5O3/c1-2-37-26(36)18(13-34-14-20(28)15-34)10-21(31-25(35)24-12-30-33-32-24)9-16-3-5-17(6-4-16)22-11-19(27)7-8-23(22)29/h3-8,11-12,18,20-21H,2,9-10,13-15H2,1H3,(H,31,35)(H,30,32,33)/t18-,21+/m0/s1. The van der Waals surface area contributed by atoms with E-state index < -0.39 is 30.0 Å². The fraction of sp³-hybridized carbons (Fsp3) is 0.385. The number of benzene rings is 2.